The van der Waals surface area contributed by atoms with Crippen LogP contribution >= 0.6 is 11.6 Å². The fourth-order valence-corrected chi connectivity index (χ4v) is 1.49. The lowest BCUT2D eigenvalue weighted by atomic mass is 10.3. The molecule has 7 nitrogen and oxygen atoms in total. The van der Waals surface area contributed by atoms with E-state index in [2.05, 4.69) is 14.8 Å². The summed E-state index contributed by atoms with van der Waals surface area (Å²) >= 11 is 5.83. The van der Waals surface area contributed by atoms with Crippen LogP contribution in [0.4, 0.5) is 0 Å². The summed E-state index contributed by atoms with van der Waals surface area (Å²) in [4.78, 5) is 15.6. The third-order valence-electron chi connectivity index (χ3n) is 2.22. The average molecular weight is 284 g/mol. The van der Waals surface area contributed by atoms with E-state index in [0.717, 1.165) is 0 Å². The van der Waals surface area contributed by atoms with Crippen molar-refractivity contribution < 1.29 is 19.5 Å². The zero-order chi connectivity index (χ0) is 13.8. The molecule has 2 heterocycles. The van der Waals surface area contributed by atoms with Gasteiger partial charge in [0.15, 0.2) is 6.61 Å². The molecular formula is C11H10ClN3O4. The molecule has 0 aliphatic heterocycles. The number of pyridine rings is 1. The lowest BCUT2D eigenvalue weighted by Crippen LogP contribution is -2.12. The molecule has 0 atom stereocenters. The van der Waals surface area contributed by atoms with Gasteiger partial charge in [0.25, 0.3) is 0 Å². The van der Waals surface area contributed by atoms with Crippen molar-refractivity contribution in [3.63, 3.8) is 0 Å². The molecule has 100 valence electrons. The van der Waals surface area contributed by atoms with Gasteiger partial charge in [-0.3, -0.25) is 4.98 Å². The van der Waals surface area contributed by atoms with Gasteiger partial charge in [-0.1, -0.05) is 21.5 Å². The van der Waals surface area contributed by atoms with Crippen molar-refractivity contribution in [3.8, 4) is 17.3 Å². The van der Waals surface area contributed by atoms with E-state index in [-0.39, 0.29) is 12.5 Å². The summed E-state index contributed by atoms with van der Waals surface area (Å²) in [6.07, 6.45) is 1.50. The molecule has 0 aromatic carbocycles. The van der Waals surface area contributed by atoms with E-state index in [1.54, 1.807) is 12.1 Å². The minimum Gasteiger partial charge on any atom is -0.466 e. The lowest BCUT2D eigenvalue weighted by molar-refractivity contribution is -0.143. The third kappa shape index (κ3) is 3.14. The first kappa shape index (κ1) is 13.2. The van der Waals surface area contributed by atoms with Crippen molar-refractivity contribution in [2.45, 2.75) is 0 Å². The molecule has 0 aliphatic rings. The zero-order valence-electron chi connectivity index (χ0n) is 9.91. The molecule has 0 spiro atoms. The number of carbonyl (C=O) groups is 1. The molecule has 0 bridgehead atoms. The maximum Gasteiger partial charge on any atom is 0.343 e. The number of methoxy groups -OCH3 is 1. The molecule has 0 amide bonds. The second-order valence-electron chi connectivity index (χ2n) is 3.48. The molecule has 2 aromatic heterocycles. The van der Waals surface area contributed by atoms with Crippen molar-refractivity contribution in [1.82, 2.24) is 14.9 Å². The summed E-state index contributed by atoms with van der Waals surface area (Å²) < 4.78 is 9.46. The van der Waals surface area contributed by atoms with Crippen LogP contribution in [0, 0.1) is 0 Å². The summed E-state index contributed by atoms with van der Waals surface area (Å²) in [5.41, 5.74) is 0.720. The molecule has 2 rings (SSSR count). The first-order valence-corrected chi connectivity index (χ1v) is 5.59. The van der Waals surface area contributed by atoms with Crippen molar-refractivity contribution in [2.24, 2.45) is 0 Å². The topological polar surface area (TPSA) is 86.5 Å². The van der Waals surface area contributed by atoms with E-state index >= 15 is 0 Å². The van der Waals surface area contributed by atoms with Crippen molar-refractivity contribution in [1.29, 1.82) is 0 Å². The van der Waals surface area contributed by atoms with E-state index in [4.69, 9.17) is 16.3 Å². The maximum absolute atomic E-state index is 10.9. The van der Waals surface area contributed by atoms with Crippen LogP contribution in [-0.4, -0.2) is 39.8 Å². The van der Waals surface area contributed by atoms with Gasteiger partial charge in [0.2, 0.25) is 5.88 Å². The van der Waals surface area contributed by atoms with Crippen molar-refractivity contribution >= 4 is 17.6 Å². The van der Waals surface area contributed by atoms with Gasteiger partial charge in [-0.25, -0.2) is 4.79 Å². The van der Waals surface area contributed by atoms with Gasteiger partial charge in [-0.2, -0.15) is 0 Å². The molecule has 19 heavy (non-hydrogen) atoms. The zero-order valence-corrected chi connectivity index (χ0v) is 10.7. The van der Waals surface area contributed by atoms with Gasteiger partial charge >= 0.3 is 5.97 Å². The Hall–Kier alpha value is -2.28. The van der Waals surface area contributed by atoms with Crippen molar-refractivity contribution in [3.05, 3.63) is 29.4 Å². The molecule has 0 unspecified atom stereocenters. The summed E-state index contributed by atoms with van der Waals surface area (Å²) in [7, 11) is 1.25. The fourth-order valence-electron chi connectivity index (χ4n) is 1.33. The predicted octanol–water partition coefficient (Wildman–Crippen LogP) is 1.39. The first-order chi connectivity index (χ1) is 9.10. The largest absolute Gasteiger partial charge is 0.466 e. The number of carbonyl (C=O) groups excluding carboxylic acids is 1. The predicted molar refractivity (Wildman–Crippen MR) is 65.2 cm³/mol. The smallest absolute Gasteiger partial charge is 0.343 e. The third-order valence-corrected chi connectivity index (χ3v) is 2.45. The van der Waals surface area contributed by atoms with E-state index < -0.39 is 5.97 Å². The van der Waals surface area contributed by atoms with Crippen LogP contribution in [0.15, 0.2) is 24.4 Å². The minimum absolute atomic E-state index is 0.0738. The van der Waals surface area contributed by atoms with Crippen LogP contribution in [0.5, 0.6) is 5.88 Å². The van der Waals surface area contributed by atoms with E-state index in [0.29, 0.717) is 21.3 Å². The van der Waals surface area contributed by atoms with Crippen LogP contribution in [-0.2, 0) is 9.53 Å². The molecule has 8 heteroatoms. The van der Waals surface area contributed by atoms with E-state index in [1.165, 1.54) is 19.4 Å². The monoisotopic (exact) mass is 283 g/mol. The molecular weight excluding hydrogens is 274 g/mol. The maximum atomic E-state index is 10.9. The fraction of sp³-hybridized carbons (Fsp3) is 0.182. The van der Waals surface area contributed by atoms with Gasteiger partial charge in [-0.05, 0) is 12.1 Å². The Balaban J connectivity index is 2.19. The number of halogens is 1. The normalized spacial score (nSPS) is 10.2. The van der Waals surface area contributed by atoms with Gasteiger partial charge in [0, 0.05) is 17.3 Å². The second kappa shape index (κ2) is 5.57. The number of esters is 1. The first-order valence-electron chi connectivity index (χ1n) is 5.21. The molecule has 0 radical (unpaired) electrons. The highest BCUT2D eigenvalue weighted by Crippen LogP contribution is 2.23. The number of rotatable bonds is 4. The number of ether oxygens (including phenoxy) is 2. The Bertz CT molecular complexity index is 599. The molecule has 0 aliphatic carbocycles. The van der Waals surface area contributed by atoms with Gasteiger partial charge in [0.05, 0.1) is 12.8 Å². The van der Waals surface area contributed by atoms with Gasteiger partial charge < -0.3 is 14.7 Å². The lowest BCUT2D eigenvalue weighted by Gasteiger charge is -1.98. The number of hydrogen-bond donors (Lipinski definition) is 1. The molecule has 0 saturated heterocycles. The molecule has 1 N–H and O–H groups in total. The Kier molecular flexibility index (Phi) is 3.86. The minimum atomic E-state index is -0.546. The molecule has 0 fully saturated rings. The number of nitrogens with zero attached hydrogens (tertiary/aromatic N) is 3. The van der Waals surface area contributed by atoms with Crippen molar-refractivity contribution in [2.75, 3.05) is 13.7 Å². The summed E-state index contributed by atoms with van der Waals surface area (Å²) in [5.74, 6) is -0.473. The van der Waals surface area contributed by atoms with E-state index in [1.807, 2.05) is 0 Å². The Morgan fingerprint density at radius 3 is 3.00 bits per heavy atom. The van der Waals surface area contributed by atoms with Crippen LogP contribution in [0.25, 0.3) is 11.4 Å². The highest BCUT2D eigenvalue weighted by atomic mass is 35.5. The van der Waals surface area contributed by atoms with Crippen LogP contribution in [0.1, 0.15) is 0 Å². The Morgan fingerprint density at radius 1 is 1.53 bits per heavy atom. The quantitative estimate of drug-likeness (QED) is 0.674. The Morgan fingerprint density at radius 2 is 2.32 bits per heavy atom. The van der Waals surface area contributed by atoms with Crippen LogP contribution < -0.4 is 4.74 Å². The van der Waals surface area contributed by atoms with Gasteiger partial charge in [-0.15, -0.1) is 0 Å². The number of aromatic nitrogens is 3. The van der Waals surface area contributed by atoms with E-state index in [9.17, 15) is 10.0 Å². The summed E-state index contributed by atoms with van der Waals surface area (Å²) in [5, 5.41) is 13.8. The standard InChI is InChI=1S/C11H10ClN3O4/c1-18-11(16)6-19-10-5-9(15(17)14-10)8-4-7(12)2-3-13-8/h2-5,17H,6H2,1H3. The summed E-state index contributed by atoms with van der Waals surface area (Å²) in [6, 6.07) is 4.61. The SMILES string of the molecule is COC(=O)COc1cc(-c2cc(Cl)ccn2)n(O)n1. The second-order valence-corrected chi connectivity index (χ2v) is 3.92. The highest BCUT2D eigenvalue weighted by Gasteiger charge is 2.13. The molecule has 2 aromatic rings. The van der Waals surface area contributed by atoms with Gasteiger partial charge in [0.1, 0.15) is 5.69 Å². The summed E-state index contributed by atoms with van der Waals surface area (Å²) in [6.45, 7) is -0.296. The van der Waals surface area contributed by atoms with Crippen LogP contribution in [0.2, 0.25) is 5.02 Å². The average Bonchev–Trinajstić information content (AvgIpc) is 2.77. The number of hydrogen-bond acceptors (Lipinski definition) is 6. The Labute approximate surface area is 113 Å². The molecule has 0 saturated carbocycles. The highest BCUT2D eigenvalue weighted by molar-refractivity contribution is 6.30. The van der Waals surface area contributed by atoms with Crippen LogP contribution in [0.3, 0.4) is 0 Å².